The Morgan fingerprint density at radius 1 is 0.947 bits per heavy atom. The van der Waals surface area contributed by atoms with E-state index in [-0.39, 0.29) is 0 Å². The summed E-state index contributed by atoms with van der Waals surface area (Å²) in [4.78, 5) is 3.54. The lowest BCUT2D eigenvalue weighted by Crippen LogP contribution is -1.98. The van der Waals surface area contributed by atoms with Crippen molar-refractivity contribution in [2.75, 3.05) is 0 Å². The zero-order valence-electron chi connectivity index (χ0n) is 11.9. The first kappa shape index (κ1) is 12.0. The van der Waals surface area contributed by atoms with Crippen molar-refractivity contribution in [3.8, 4) is 11.1 Å². The molecule has 2 aromatic carbocycles. The van der Waals surface area contributed by atoms with E-state index in [4.69, 9.17) is 6.57 Å². The third-order valence-corrected chi connectivity index (χ3v) is 4.67. The summed E-state index contributed by atoms with van der Waals surface area (Å²) in [6.07, 6.45) is 0.974. The van der Waals surface area contributed by atoms with E-state index >= 15 is 0 Å². The summed E-state index contributed by atoms with van der Waals surface area (Å²) in [7, 11) is 0. The van der Waals surface area contributed by atoms with Crippen molar-refractivity contribution in [1.29, 1.82) is 0 Å². The first-order valence-electron chi connectivity index (χ1n) is 6.64. The molecule has 0 heterocycles. The lowest BCUT2D eigenvalue weighted by Gasteiger charge is -2.16. The van der Waals surface area contributed by atoms with Crippen LogP contribution in [0.4, 0.5) is 5.69 Å². The van der Waals surface area contributed by atoms with Gasteiger partial charge in [-0.05, 0) is 78.6 Å². The smallest absolute Gasteiger partial charge is 0.187 e. The predicted molar refractivity (Wildman–Crippen MR) is 79.9 cm³/mol. The van der Waals surface area contributed by atoms with Crippen molar-refractivity contribution >= 4 is 5.69 Å². The molecule has 2 aromatic rings. The van der Waals surface area contributed by atoms with Gasteiger partial charge < -0.3 is 0 Å². The van der Waals surface area contributed by atoms with E-state index in [2.05, 4.69) is 38.6 Å². The third kappa shape index (κ3) is 1.53. The van der Waals surface area contributed by atoms with Crippen LogP contribution in [0, 0.1) is 34.3 Å². The maximum atomic E-state index is 7.15. The number of hydrogen-bond acceptors (Lipinski definition) is 0. The highest BCUT2D eigenvalue weighted by atomic mass is 14.6. The monoisotopic (exact) mass is 247 g/mol. The van der Waals surface area contributed by atoms with Crippen LogP contribution in [0.3, 0.4) is 0 Å². The molecule has 0 aliphatic heterocycles. The van der Waals surface area contributed by atoms with Gasteiger partial charge in [-0.15, -0.1) is 0 Å². The zero-order chi connectivity index (χ0) is 13.7. The van der Waals surface area contributed by atoms with Gasteiger partial charge >= 0.3 is 0 Å². The van der Waals surface area contributed by atoms with Crippen LogP contribution in [-0.4, -0.2) is 0 Å². The number of fused-ring (bicyclic) bond motifs is 3. The first-order chi connectivity index (χ1) is 9.04. The normalized spacial score (nSPS) is 11.9. The fourth-order valence-corrected chi connectivity index (χ4v) is 3.21. The van der Waals surface area contributed by atoms with E-state index in [1.165, 1.54) is 44.5 Å². The summed E-state index contributed by atoms with van der Waals surface area (Å²) in [6, 6.07) is 6.10. The van der Waals surface area contributed by atoms with Crippen LogP contribution in [0.5, 0.6) is 0 Å². The second-order valence-corrected chi connectivity index (χ2v) is 5.48. The summed E-state index contributed by atoms with van der Waals surface area (Å²) in [5.41, 5.74) is 11.9. The van der Waals surface area contributed by atoms with E-state index in [9.17, 15) is 0 Å². The minimum absolute atomic E-state index is 0.746. The molecule has 0 amide bonds. The molecule has 0 fully saturated rings. The Kier molecular flexibility index (Phi) is 2.50. The van der Waals surface area contributed by atoms with Crippen molar-refractivity contribution in [1.82, 2.24) is 0 Å². The Morgan fingerprint density at radius 2 is 1.63 bits per heavy atom. The van der Waals surface area contributed by atoms with E-state index in [0.29, 0.717) is 0 Å². The summed E-state index contributed by atoms with van der Waals surface area (Å²) in [6.45, 7) is 16.0. The van der Waals surface area contributed by atoms with Gasteiger partial charge in [-0.2, -0.15) is 0 Å². The van der Waals surface area contributed by atoms with Crippen LogP contribution in [0.1, 0.15) is 33.4 Å². The van der Waals surface area contributed by atoms with E-state index in [0.717, 1.165) is 12.1 Å². The molecule has 3 rings (SSSR count). The fourth-order valence-electron chi connectivity index (χ4n) is 3.21. The van der Waals surface area contributed by atoms with E-state index < -0.39 is 0 Å². The molecule has 0 saturated heterocycles. The van der Waals surface area contributed by atoms with Gasteiger partial charge in [-0.1, -0.05) is 18.2 Å². The minimum atomic E-state index is 0.746. The molecule has 1 aliphatic carbocycles. The molecule has 0 bridgehead atoms. The van der Waals surface area contributed by atoms with Crippen molar-refractivity contribution in [2.45, 2.75) is 34.1 Å². The van der Waals surface area contributed by atoms with Gasteiger partial charge in [0, 0.05) is 0 Å². The fraction of sp³-hybridized carbons (Fsp3) is 0.278. The molecule has 1 heteroatoms. The van der Waals surface area contributed by atoms with E-state index in [1.807, 2.05) is 12.1 Å². The summed E-state index contributed by atoms with van der Waals surface area (Å²) in [5.74, 6) is 0. The Labute approximate surface area is 114 Å². The Bertz CT molecular complexity index is 746. The van der Waals surface area contributed by atoms with Crippen LogP contribution >= 0.6 is 0 Å². The van der Waals surface area contributed by atoms with Crippen molar-refractivity contribution in [3.05, 3.63) is 63.0 Å². The van der Waals surface area contributed by atoms with Gasteiger partial charge in [-0.3, -0.25) is 0 Å². The quantitative estimate of drug-likeness (QED) is 0.490. The van der Waals surface area contributed by atoms with Crippen LogP contribution in [0.15, 0.2) is 18.2 Å². The third-order valence-electron chi connectivity index (χ3n) is 4.67. The van der Waals surface area contributed by atoms with Crippen molar-refractivity contribution in [3.63, 3.8) is 0 Å². The number of rotatable bonds is 0. The van der Waals surface area contributed by atoms with Gasteiger partial charge in [0.05, 0.1) is 6.57 Å². The van der Waals surface area contributed by atoms with Crippen LogP contribution in [0.25, 0.3) is 16.0 Å². The first-order valence-corrected chi connectivity index (χ1v) is 6.64. The minimum Gasteiger partial charge on any atom is -0.238 e. The van der Waals surface area contributed by atoms with Gasteiger partial charge in [0.1, 0.15) is 0 Å². The average Bonchev–Trinajstić information content (AvgIpc) is 2.81. The molecule has 0 atom stereocenters. The van der Waals surface area contributed by atoms with Crippen LogP contribution in [-0.2, 0) is 6.42 Å². The molecule has 0 N–H and O–H groups in total. The maximum Gasteiger partial charge on any atom is 0.187 e. The van der Waals surface area contributed by atoms with Gasteiger partial charge in [0.2, 0.25) is 0 Å². The molecule has 0 radical (unpaired) electrons. The molecule has 0 aromatic heterocycles. The Balaban J connectivity index is 2.34. The van der Waals surface area contributed by atoms with Crippen LogP contribution in [0.2, 0.25) is 0 Å². The highest BCUT2D eigenvalue weighted by Gasteiger charge is 2.24. The molecular weight excluding hydrogens is 230 g/mol. The number of hydrogen-bond donors (Lipinski definition) is 0. The predicted octanol–water partition coefficient (Wildman–Crippen LogP) is 5.04. The summed E-state index contributed by atoms with van der Waals surface area (Å²) >= 11 is 0. The topological polar surface area (TPSA) is 4.36 Å². The Morgan fingerprint density at radius 3 is 2.32 bits per heavy atom. The Hall–Kier alpha value is -2.07. The molecule has 0 spiro atoms. The van der Waals surface area contributed by atoms with Gasteiger partial charge in [-0.25, -0.2) is 4.85 Å². The average molecular weight is 247 g/mol. The molecule has 0 saturated carbocycles. The number of benzene rings is 2. The van der Waals surface area contributed by atoms with E-state index in [1.54, 1.807) is 0 Å². The SMILES string of the molecule is [C-]#[N+]c1ccc2c(c1)Cc1c(C)c(C)c(C)c(C)c1-2. The molecule has 1 aliphatic rings. The largest absolute Gasteiger partial charge is 0.238 e. The molecule has 19 heavy (non-hydrogen) atoms. The second kappa shape index (κ2) is 3.96. The van der Waals surface area contributed by atoms with Crippen LogP contribution < -0.4 is 0 Å². The molecule has 1 nitrogen and oxygen atoms in total. The summed E-state index contributed by atoms with van der Waals surface area (Å²) in [5, 5.41) is 0. The van der Waals surface area contributed by atoms with Crippen molar-refractivity contribution in [2.24, 2.45) is 0 Å². The van der Waals surface area contributed by atoms with Crippen molar-refractivity contribution < 1.29 is 0 Å². The highest BCUT2D eigenvalue weighted by molar-refractivity contribution is 5.83. The maximum absolute atomic E-state index is 7.15. The lowest BCUT2D eigenvalue weighted by atomic mass is 9.89. The zero-order valence-corrected chi connectivity index (χ0v) is 11.9. The standard InChI is InChI=1S/C18H17N/c1-10-11(2)13(4)18-16-7-6-15(19-5)8-14(16)9-17(18)12(10)3/h6-8H,9H2,1-4H3. The molecule has 94 valence electrons. The van der Waals surface area contributed by atoms with Gasteiger partial charge in [0.25, 0.3) is 0 Å². The second-order valence-electron chi connectivity index (χ2n) is 5.48. The number of nitrogens with zero attached hydrogens (tertiary/aromatic N) is 1. The lowest BCUT2D eigenvalue weighted by molar-refractivity contribution is 1.15. The molecular formula is C18H17N. The van der Waals surface area contributed by atoms with Gasteiger partial charge in [0.15, 0.2) is 5.69 Å². The molecule has 0 unspecified atom stereocenters. The summed E-state index contributed by atoms with van der Waals surface area (Å²) < 4.78 is 0. The highest BCUT2D eigenvalue weighted by Crippen LogP contribution is 2.43.